The summed E-state index contributed by atoms with van der Waals surface area (Å²) in [6.07, 6.45) is -1.46. The van der Waals surface area contributed by atoms with Gasteiger partial charge < -0.3 is 25.5 Å². The van der Waals surface area contributed by atoms with E-state index in [0.29, 0.717) is 39.3 Å². The lowest BCUT2D eigenvalue weighted by Gasteiger charge is -2.34. The Balaban J connectivity index is 2.14. The van der Waals surface area contributed by atoms with Crippen molar-refractivity contribution in [2.24, 2.45) is 0 Å². The van der Waals surface area contributed by atoms with Crippen molar-refractivity contribution in [2.45, 2.75) is 31.7 Å². The molecule has 2 rings (SSSR count). The summed E-state index contributed by atoms with van der Waals surface area (Å²) in [6, 6.07) is 6.74. The minimum absolute atomic E-state index is 0.238. The molecule has 1 aromatic rings. The number of aromatic hydroxyl groups is 1. The molecule has 0 radical (unpaired) electrons. The predicted octanol–water partition coefficient (Wildman–Crippen LogP) is -1.09. The summed E-state index contributed by atoms with van der Waals surface area (Å²) in [4.78, 5) is 6.39. The number of rotatable bonds is 8. The molecule has 160 valence electrons. The fraction of sp³-hybridized carbons (Fsp3) is 0.700. The van der Waals surface area contributed by atoms with E-state index in [4.69, 9.17) is 0 Å². The van der Waals surface area contributed by atoms with Crippen molar-refractivity contribution < 1.29 is 25.5 Å². The third kappa shape index (κ3) is 6.97. The van der Waals surface area contributed by atoms with Crippen LogP contribution in [-0.2, 0) is 6.54 Å². The van der Waals surface area contributed by atoms with Crippen molar-refractivity contribution in [3.8, 4) is 5.75 Å². The Morgan fingerprint density at radius 3 is 2.11 bits per heavy atom. The molecule has 8 nitrogen and oxygen atoms in total. The maximum atomic E-state index is 10.1. The number of hydrogen-bond donors (Lipinski definition) is 5. The first-order chi connectivity index (χ1) is 13.4. The second kappa shape index (κ2) is 11.7. The first-order valence-corrected chi connectivity index (χ1v) is 9.98. The Hall–Kier alpha value is -1.26. The second-order valence-electron chi connectivity index (χ2n) is 7.59. The number of aliphatic hydroxyl groups is 4. The Kier molecular flexibility index (Phi) is 9.60. The molecule has 1 aliphatic rings. The monoisotopic (exact) mass is 397 g/mol. The number of benzene rings is 1. The van der Waals surface area contributed by atoms with Crippen LogP contribution in [-0.4, -0.2) is 118 Å². The lowest BCUT2D eigenvalue weighted by atomic mass is 10.1. The van der Waals surface area contributed by atoms with E-state index in [-0.39, 0.29) is 12.4 Å². The summed E-state index contributed by atoms with van der Waals surface area (Å²) in [5.41, 5.74) is 0.851. The third-order valence-corrected chi connectivity index (χ3v) is 5.33. The summed E-state index contributed by atoms with van der Waals surface area (Å²) in [6.45, 7) is 6.46. The predicted molar refractivity (Wildman–Crippen MR) is 107 cm³/mol. The SMILES string of the molecule is C[C@H](O)CN1CCN(Cc2ccccc2O)CCN([C@H](CO)[C@H](O)CO)CC1. The highest BCUT2D eigenvalue weighted by Gasteiger charge is 2.27. The lowest BCUT2D eigenvalue weighted by molar-refractivity contribution is -0.0169. The number of phenolic OH excluding ortho intramolecular Hbond substituents is 1. The van der Waals surface area contributed by atoms with E-state index in [0.717, 1.165) is 18.7 Å². The fourth-order valence-electron chi connectivity index (χ4n) is 3.69. The van der Waals surface area contributed by atoms with Gasteiger partial charge in [0, 0.05) is 57.9 Å². The van der Waals surface area contributed by atoms with E-state index in [1.165, 1.54) is 0 Å². The van der Waals surface area contributed by atoms with E-state index in [1.807, 2.05) is 17.0 Å². The van der Waals surface area contributed by atoms with Crippen molar-refractivity contribution in [1.82, 2.24) is 14.7 Å². The minimum atomic E-state index is -1.01. The van der Waals surface area contributed by atoms with E-state index in [9.17, 15) is 25.5 Å². The highest BCUT2D eigenvalue weighted by molar-refractivity contribution is 5.31. The minimum Gasteiger partial charge on any atom is -0.508 e. The molecule has 0 spiro atoms. The largest absolute Gasteiger partial charge is 0.508 e. The molecule has 0 aromatic heterocycles. The van der Waals surface area contributed by atoms with Gasteiger partial charge >= 0.3 is 0 Å². The molecule has 1 saturated heterocycles. The molecule has 1 heterocycles. The van der Waals surface area contributed by atoms with E-state index >= 15 is 0 Å². The Labute approximate surface area is 167 Å². The maximum absolute atomic E-state index is 10.1. The molecule has 8 heteroatoms. The lowest BCUT2D eigenvalue weighted by Crippen LogP contribution is -2.51. The zero-order valence-corrected chi connectivity index (χ0v) is 16.7. The molecular weight excluding hydrogens is 362 g/mol. The van der Waals surface area contributed by atoms with Gasteiger partial charge in [-0.25, -0.2) is 0 Å². The Morgan fingerprint density at radius 1 is 0.893 bits per heavy atom. The standard InChI is InChI=1S/C20H35N3O5/c1-16(26)12-21-6-7-22(13-17-4-2-3-5-19(17)27)9-11-23(10-8-21)18(14-24)20(28)15-25/h2-5,16,18,20,24-28H,6-15H2,1H3/t16-,18+,20+/m0/s1. The molecule has 0 saturated carbocycles. The molecule has 0 unspecified atom stereocenters. The normalized spacial score (nSPS) is 21.5. The summed E-state index contributed by atoms with van der Waals surface area (Å²) in [7, 11) is 0. The van der Waals surface area contributed by atoms with Gasteiger partial charge in [0.15, 0.2) is 0 Å². The topological polar surface area (TPSA) is 111 Å². The van der Waals surface area contributed by atoms with Crippen LogP contribution in [0, 0.1) is 0 Å². The molecule has 0 amide bonds. The van der Waals surface area contributed by atoms with Gasteiger partial charge in [0.2, 0.25) is 0 Å². The molecule has 1 aliphatic heterocycles. The van der Waals surface area contributed by atoms with E-state index in [1.54, 1.807) is 19.1 Å². The van der Waals surface area contributed by atoms with Crippen LogP contribution in [0.4, 0.5) is 0 Å². The molecule has 0 aliphatic carbocycles. The number of nitrogens with zero attached hydrogens (tertiary/aromatic N) is 3. The van der Waals surface area contributed by atoms with Crippen LogP contribution in [0.25, 0.3) is 0 Å². The van der Waals surface area contributed by atoms with Gasteiger partial charge in [0.1, 0.15) is 5.75 Å². The van der Waals surface area contributed by atoms with Crippen LogP contribution < -0.4 is 0 Å². The Bertz CT molecular complexity index is 575. The molecule has 3 atom stereocenters. The van der Waals surface area contributed by atoms with E-state index in [2.05, 4.69) is 9.80 Å². The van der Waals surface area contributed by atoms with Gasteiger partial charge in [-0.1, -0.05) is 18.2 Å². The quantitative estimate of drug-likeness (QED) is 0.376. The van der Waals surface area contributed by atoms with Crippen LogP contribution in [0.2, 0.25) is 0 Å². The van der Waals surface area contributed by atoms with Crippen LogP contribution in [0.3, 0.4) is 0 Å². The summed E-state index contributed by atoms with van der Waals surface area (Å²) in [5.74, 6) is 0.268. The van der Waals surface area contributed by atoms with Gasteiger partial charge in [-0.05, 0) is 13.0 Å². The molecular formula is C20H35N3O5. The number of para-hydroxylation sites is 1. The zero-order chi connectivity index (χ0) is 20.5. The highest BCUT2D eigenvalue weighted by atomic mass is 16.3. The average Bonchev–Trinajstić information content (AvgIpc) is 2.76. The smallest absolute Gasteiger partial charge is 0.120 e. The van der Waals surface area contributed by atoms with Gasteiger partial charge in [-0.3, -0.25) is 14.7 Å². The second-order valence-corrected chi connectivity index (χ2v) is 7.59. The molecule has 1 fully saturated rings. The average molecular weight is 398 g/mol. The van der Waals surface area contributed by atoms with Gasteiger partial charge in [0.05, 0.1) is 31.5 Å². The van der Waals surface area contributed by atoms with Crippen molar-refractivity contribution in [2.75, 3.05) is 59.0 Å². The molecule has 0 bridgehead atoms. The maximum Gasteiger partial charge on any atom is 0.120 e. The van der Waals surface area contributed by atoms with Crippen LogP contribution in [0.5, 0.6) is 5.75 Å². The molecule has 28 heavy (non-hydrogen) atoms. The third-order valence-electron chi connectivity index (χ3n) is 5.33. The highest BCUT2D eigenvalue weighted by Crippen LogP contribution is 2.18. The number of β-amino-alcohol motifs (C(OH)–C–C–N with tert-alkyl or cyclic N) is 1. The molecule has 1 aromatic carbocycles. The molecule has 5 N–H and O–H groups in total. The van der Waals surface area contributed by atoms with Gasteiger partial charge in [-0.15, -0.1) is 0 Å². The number of aliphatic hydroxyl groups excluding tert-OH is 4. The number of hydrogen-bond acceptors (Lipinski definition) is 8. The fourth-order valence-corrected chi connectivity index (χ4v) is 3.69. The summed E-state index contributed by atoms with van der Waals surface area (Å²) < 4.78 is 0. The first kappa shape index (κ1) is 23.0. The van der Waals surface area contributed by atoms with Gasteiger partial charge in [-0.2, -0.15) is 0 Å². The summed E-state index contributed by atoms with van der Waals surface area (Å²) >= 11 is 0. The van der Waals surface area contributed by atoms with Crippen LogP contribution >= 0.6 is 0 Å². The van der Waals surface area contributed by atoms with Crippen molar-refractivity contribution in [1.29, 1.82) is 0 Å². The zero-order valence-electron chi connectivity index (χ0n) is 16.7. The van der Waals surface area contributed by atoms with Crippen LogP contribution in [0.1, 0.15) is 12.5 Å². The van der Waals surface area contributed by atoms with Crippen molar-refractivity contribution in [3.05, 3.63) is 29.8 Å². The van der Waals surface area contributed by atoms with Crippen molar-refractivity contribution >= 4 is 0 Å². The van der Waals surface area contributed by atoms with E-state index < -0.39 is 24.9 Å². The van der Waals surface area contributed by atoms with Gasteiger partial charge in [0.25, 0.3) is 0 Å². The van der Waals surface area contributed by atoms with Crippen molar-refractivity contribution in [3.63, 3.8) is 0 Å². The van der Waals surface area contributed by atoms with Crippen LogP contribution in [0.15, 0.2) is 24.3 Å². The Morgan fingerprint density at radius 2 is 1.50 bits per heavy atom. The number of phenols is 1. The summed E-state index contributed by atoms with van der Waals surface area (Å²) in [5, 5.41) is 49.1. The first-order valence-electron chi connectivity index (χ1n) is 9.98.